The maximum atomic E-state index is 11.4. The molecule has 0 N–H and O–H groups in total. The number of hydrogen-bond donors (Lipinski definition) is 0. The normalized spacial score (nSPS) is 11.3. The minimum atomic E-state index is -4.82. The number of likely N-dealkylation sites (N-methyl/N-ethyl adjacent to an activating group) is 1. The number of rotatable bonds is 9. The van der Waals surface area contributed by atoms with E-state index < -0.39 is 21.9 Å². The van der Waals surface area contributed by atoms with Gasteiger partial charge in [-0.2, -0.15) is 0 Å². The molecule has 14 heteroatoms. The Morgan fingerprint density at radius 2 is 2.11 bits per heavy atom. The van der Waals surface area contributed by atoms with Gasteiger partial charge in [0.05, 0.1) is 17.2 Å². The molecule has 0 saturated carbocycles. The van der Waals surface area contributed by atoms with Gasteiger partial charge in [0.1, 0.15) is 11.2 Å². The standard InChI is InChI=1S/C12H14N6O6S2.CH3/c1-2-17(5-6-24-26(21,22)23)10-4-3-9(7-11(10)18(19)20)14-16-12-15-13-8-25-12;/h3-4,7-8H,2,5-6H2,1H3,(H,21,22,23);1H3/q;+1/p-1. The van der Waals surface area contributed by atoms with Gasteiger partial charge in [-0.05, 0) is 19.1 Å². The van der Waals surface area contributed by atoms with Crippen LogP contribution in [-0.2, 0) is 14.6 Å². The number of hydrogen-bond acceptors (Lipinski definition) is 12. The van der Waals surface area contributed by atoms with Crippen LogP contribution in [0.4, 0.5) is 22.2 Å². The molecule has 2 rings (SSSR count). The number of benzene rings is 1. The molecule has 0 aliphatic heterocycles. The fourth-order valence-electron chi connectivity index (χ4n) is 2.00. The molecule has 0 radical (unpaired) electrons. The maximum absolute atomic E-state index is 11.4. The van der Waals surface area contributed by atoms with Gasteiger partial charge in [0.15, 0.2) is 0 Å². The van der Waals surface area contributed by atoms with Gasteiger partial charge >= 0.3 is 0 Å². The molecular formula is C13H16N6O6S2. The van der Waals surface area contributed by atoms with E-state index in [1.807, 2.05) is 0 Å². The van der Waals surface area contributed by atoms with Crippen LogP contribution in [0.25, 0.3) is 0 Å². The van der Waals surface area contributed by atoms with E-state index in [2.05, 4.69) is 24.6 Å². The zero-order valence-corrected chi connectivity index (χ0v) is 16.0. The zero-order valence-electron chi connectivity index (χ0n) is 14.4. The highest BCUT2D eigenvalue weighted by molar-refractivity contribution is 7.80. The summed E-state index contributed by atoms with van der Waals surface area (Å²) >= 11 is 1.16. The minimum absolute atomic E-state index is 0. The monoisotopic (exact) mass is 416 g/mol. The van der Waals surface area contributed by atoms with Crippen LogP contribution >= 0.6 is 11.3 Å². The SMILES string of the molecule is CCN(CCOS(=O)(=O)[O-])c1ccc(N=Nc2nncs2)cc1[N+](=O)[O-].[CH3+]. The lowest BCUT2D eigenvalue weighted by molar-refractivity contribution is -0.384. The lowest BCUT2D eigenvalue weighted by atomic mass is 10.2. The first kappa shape index (κ1) is 22.4. The van der Waals surface area contributed by atoms with Crippen LogP contribution in [0.5, 0.6) is 0 Å². The zero-order chi connectivity index (χ0) is 19.2. The van der Waals surface area contributed by atoms with Crippen molar-refractivity contribution in [2.45, 2.75) is 6.92 Å². The Labute approximate surface area is 159 Å². The fourth-order valence-corrected chi connectivity index (χ4v) is 2.65. The first-order valence-corrected chi connectivity index (χ1v) is 9.33. The average Bonchev–Trinajstić information content (AvgIpc) is 3.09. The van der Waals surface area contributed by atoms with Crippen molar-refractivity contribution in [2.75, 3.05) is 24.6 Å². The van der Waals surface area contributed by atoms with Gasteiger partial charge in [0, 0.05) is 26.6 Å². The molecule has 27 heavy (non-hydrogen) atoms. The number of nitrogens with zero attached hydrogens (tertiary/aromatic N) is 6. The molecule has 0 amide bonds. The van der Waals surface area contributed by atoms with Crippen LogP contribution in [0.15, 0.2) is 33.9 Å². The van der Waals surface area contributed by atoms with E-state index in [4.69, 9.17) is 0 Å². The summed E-state index contributed by atoms with van der Waals surface area (Å²) in [5, 5.41) is 26.7. The van der Waals surface area contributed by atoms with Gasteiger partial charge in [-0.3, -0.25) is 14.3 Å². The average molecular weight is 416 g/mol. The van der Waals surface area contributed by atoms with E-state index in [-0.39, 0.29) is 31.0 Å². The first-order valence-electron chi connectivity index (χ1n) is 7.11. The molecule has 2 aromatic rings. The maximum Gasteiger partial charge on any atom is 0.294 e. The predicted molar refractivity (Wildman–Crippen MR) is 97.1 cm³/mol. The summed E-state index contributed by atoms with van der Waals surface area (Å²) in [6.07, 6.45) is 0. The first-order chi connectivity index (χ1) is 12.3. The smallest absolute Gasteiger partial charge is 0.294 e. The van der Waals surface area contributed by atoms with Crippen LogP contribution in [0.3, 0.4) is 0 Å². The Kier molecular flexibility index (Phi) is 8.17. The molecule has 0 bridgehead atoms. The van der Waals surface area contributed by atoms with Gasteiger partial charge in [0.25, 0.3) is 10.8 Å². The lowest BCUT2D eigenvalue weighted by Gasteiger charge is -2.23. The summed E-state index contributed by atoms with van der Waals surface area (Å²) < 4.78 is 35.6. The van der Waals surface area contributed by atoms with Crippen molar-refractivity contribution < 1.29 is 22.1 Å². The molecular weight excluding hydrogens is 400 g/mol. The Morgan fingerprint density at radius 3 is 2.67 bits per heavy atom. The predicted octanol–water partition coefficient (Wildman–Crippen LogP) is 2.62. The Morgan fingerprint density at radius 1 is 1.37 bits per heavy atom. The third-order valence-electron chi connectivity index (χ3n) is 3.07. The molecule has 0 fully saturated rings. The highest BCUT2D eigenvalue weighted by atomic mass is 32.3. The molecule has 0 saturated heterocycles. The van der Waals surface area contributed by atoms with E-state index in [9.17, 15) is 23.1 Å². The van der Waals surface area contributed by atoms with Gasteiger partial charge in [-0.15, -0.1) is 20.4 Å². The summed E-state index contributed by atoms with van der Waals surface area (Å²) in [5.41, 5.74) is 1.71. The quantitative estimate of drug-likeness (QED) is 0.149. The third kappa shape index (κ3) is 6.86. The van der Waals surface area contributed by atoms with Crippen LogP contribution in [0, 0.1) is 17.5 Å². The summed E-state index contributed by atoms with van der Waals surface area (Å²) in [5.74, 6) is 0. The van der Waals surface area contributed by atoms with Gasteiger partial charge < -0.3 is 9.45 Å². The van der Waals surface area contributed by atoms with Crippen molar-refractivity contribution in [1.82, 2.24) is 10.2 Å². The van der Waals surface area contributed by atoms with Crippen LogP contribution < -0.4 is 4.90 Å². The van der Waals surface area contributed by atoms with Crippen molar-refractivity contribution in [3.8, 4) is 0 Å². The van der Waals surface area contributed by atoms with Crippen molar-refractivity contribution in [1.29, 1.82) is 0 Å². The van der Waals surface area contributed by atoms with Gasteiger partial charge in [-0.25, -0.2) is 8.42 Å². The molecule has 146 valence electrons. The van der Waals surface area contributed by atoms with Gasteiger partial charge in [-0.1, -0.05) is 11.3 Å². The second-order valence-electron chi connectivity index (χ2n) is 4.66. The Bertz CT molecular complexity index is 887. The molecule has 1 aromatic heterocycles. The van der Waals surface area contributed by atoms with E-state index >= 15 is 0 Å². The number of azo groups is 1. The minimum Gasteiger partial charge on any atom is -0.726 e. The van der Waals surface area contributed by atoms with Crippen molar-refractivity contribution in [3.05, 3.63) is 41.3 Å². The molecule has 1 aromatic carbocycles. The van der Waals surface area contributed by atoms with E-state index in [0.29, 0.717) is 11.7 Å². The summed E-state index contributed by atoms with van der Waals surface area (Å²) in [4.78, 5) is 12.3. The fraction of sp³-hybridized carbons (Fsp3) is 0.308. The highest BCUT2D eigenvalue weighted by Gasteiger charge is 2.19. The Hall–Kier alpha value is -2.68. The summed E-state index contributed by atoms with van der Waals surface area (Å²) in [6.45, 7) is 1.60. The van der Waals surface area contributed by atoms with Gasteiger partial charge in [0.2, 0.25) is 10.4 Å². The van der Waals surface area contributed by atoms with Crippen LogP contribution in [0.1, 0.15) is 6.92 Å². The molecule has 0 spiro atoms. The van der Waals surface area contributed by atoms with E-state index in [1.165, 1.54) is 28.6 Å². The second kappa shape index (κ2) is 9.86. The molecule has 1 heterocycles. The Balaban J connectivity index is 0.00000364. The molecule has 0 aliphatic carbocycles. The van der Waals surface area contributed by atoms with E-state index in [1.54, 1.807) is 6.92 Å². The van der Waals surface area contributed by atoms with Crippen LogP contribution in [-0.4, -0.2) is 47.8 Å². The van der Waals surface area contributed by atoms with E-state index in [0.717, 1.165) is 11.3 Å². The van der Waals surface area contributed by atoms with Crippen molar-refractivity contribution in [3.63, 3.8) is 0 Å². The van der Waals surface area contributed by atoms with Crippen LogP contribution in [0.2, 0.25) is 0 Å². The number of nitro benzene ring substituents is 1. The highest BCUT2D eigenvalue weighted by Crippen LogP contribution is 2.33. The third-order valence-corrected chi connectivity index (χ3v) is 4.10. The summed E-state index contributed by atoms with van der Waals surface area (Å²) in [6, 6.07) is 4.20. The lowest BCUT2D eigenvalue weighted by Crippen LogP contribution is -2.28. The molecule has 0 unspecified atom stereocenters. The molecule has 12 nitrogen and oxygen atoms in total. The number of nitro groups is 1. The largest absolute Gasteiger partial charge is 0.726 e. The van der Waals surface area contributed by atoms with Crippen molar-refractivity contribution >= 4 is 43.9 Å². The summed E-state index contributed by atoms with van der Waals surface area (Å²) in [7, 11) is -4.82. The molecule has 0 aliphatic rings. The molecule has 0 atom stereocenters. The topological polar surface area (TPSA) is 163 Å². The number of anilines is 1. The van der Waals surface area contributed by atoms with Crippen molar-refractivity contribution in [2.24, 2.45) is 10.2 Å². The second-order valence-corrected chi connectivity index (χ2v) is 6.53. The number of aromatic nitrogens is 2.